The molecule has 1 aliphatic carbocycles. The Labute approximate surface area is 275 Å². The summed E-state index contributed by atoms with van der Waals surface area (Å²) < 4.78 is 38.2. The zero-order valence-electron chi connectivity index (χ0n) is 25.7. The Morgan fingerprint density at radius 2 is 1.67 bits per heavy atom. The van der Waals surface area contributed by atoms with Crippen LogP contribution in [-0.4, -0.2) is 64.2 Å². The summed E-state index contributed by atoms with van der Waals surface area (Å²) in [5.41, 5.74) is 1.53. The van der Waals surface area contributed by atoms with Crippen LogP contribution in [0.4, 0.5) is 5.69 Å². The van der Waals surface area contributed by atoms with Crippen molar-refractivity contribution in [3.8, 4) is 11.5 Å². The van der Waals surface area contributed by atoms with E-state index < -0.39 is 28.5 Å². The molecule has 4 rings (SSSR count). The van der Waals surface area contributed by atoms with Crippen LogP contribution in [0.1, 0.15) is 43.2 Å². The van der Waals surface area contributed by atoms with Crippen LogP contribution in [0.15, 0.2) is 66.7 Å². The van der Waals surface area contributed by atoms with Gasteiger partial charge < -0.3 is 19.7 Å². The second kappa shape index (κ2) is 15.7. The maximum Gasteiger partial charge on any atom is 0.244 e. The highest BCUT2D eigenvalue weighted by Gasteiger charge is 2.35. The fourth-order valence-electron chi connectivity index (χ4n) is 5.52. The second-order valence-electron chi connectivity index (χ2n) is 11.1. The molecule has 12 heteroatoms. The molecule has 1 unspecified atom stereocenters. The van der Waals surface area contributed by atoms with Gasteiger partial charge in [0.25, 0.3) is 0 Å². The van der Waals surface area contributed by atoms with E-state index in [-0.39, 0.29) is 36.4 Å². The second-order valence-corrected chi connectivity index (χ2v) is 13.9. The molecule has 242 valence electrons. The van der Waals surface area contributed by atoms with Crippen molar-refractivity contribution in [2.45, 2.75) is 57.2 Å². The summed E-state index contributed by atoms with van der Waals surface area (Å²) in [6.45, 7) is -0.660. The van der Waals surface area contributed by atoms with Gasteiger partial charge in [-0.15, -0.1) is 0 Å². The molecule has 3 aromatic rings. The van der Waals surface area contributed by atoms with Crippen LogP contribution in [0.2, 0.25) is 10.0 Å². The number of hydrogen-bond acceptors (Lipinski definition) is 6. The first kappa shape index (κ1) is 34.4. The number of nitrogens with zero attached hydrogens (tertiary/aromatic N) is 2. The topological polar surface area (TPSA) is 105 Å². The summed E-state index contributed by atoms with van der Waals surface area (Å²) in [5, 5.41) is 3.92. The number of amides is 2. The summed E-state index contributed by atoms with van der Waals surface area (Å²) in [6.07, 6.45) is 6.09. The Bertz CT molecular complexity index is 1580. The lowest BCUT2D eigenvalue weighted by Crippen LogP contribution is -2.55. The van der Waals surface area contributed by atoms with Crippen LogP contribution in [0.3, 0.4) is 0 Å². The van der Waals surface area contributed by atoms with Gasteiger partial charge in [0, 0.05) is 35.1 Å². The third-order valence-corrected chi connectivity index (χ3v) is 9.63. The van der Waals surface area contributed by atoms with Crippen LogP contribution < -0.4 is 19.1 Å². The minimum absolute atomic E-state index is 0.00541. The van der Waals surface area contributed by atoms with E-state index in [1.165, 1.54) is 25.2 Å². The van der Waals surface area contributed by atoms with E-state index in [0.717, 1.165) is 48.2 Å². The van der Waals surface area contributed by atoms with E-state index in [2.05, 4.69) is 5.32 Å². The molecular weight excluding hydrogens is 637 g/mol. The van der Waals surface area contributed by atoms with Crippen molar-refractivity contribution in [2.75, 3.05) is 31.3 Å². The molecule has 1 fully saturated rings. The lowest BCUT2D eigenvalue weighted by molar-refractivity contribution is -0.140. The van der Waals surface area contributed by atoms with Gasteiger partial charge in [-0.3, -0.25) is 13.9 Å². The minimum Gasteiger partial charge on any atom is -0.497 e. The van der Waals surface area contributed by atoms with Gasteiger partial charge in [0.05, 0.1) is 26.2 Å². The van der Waals surface area contributed by atoms with E-state index in [0.29, 0.717) is 21.4 Å². The van der Waals surface area contributed by atoms with Gasteiger partial charge in [-0.25, -0.2) is 8.42 Å². The summed E-state index contributed by atoms with van der Waals surface area (Å²) in [7, 11) is -1.14. The Morgan fingerprint density at radius 1 is 0.956 bits per heavy atom. The molecule has 3 aromatic carbocycles. The Balaban J connectivity index is 1.78. The zero-order chi connectivity index (χ0) is 32.6. The van der Waals surface area contributed by atoms with E-state index in [1.54, 1.807) is 30.3 Å². The van der Waals surface area contributed by atoms with Crippen molar-refractivity contribution in [2.24, 2.45) is 0 Å². The normalized spacial score (nSPS) is 14.3. The number of sulfonamides is 1. The molecule has 2 amide bonds. The van der Waals surface area contributed by atoms with E-state index >= 15 is 0 Å². The van der Waals surface area contributed by atoms with Crippen LogP contribution in [0.25, 0.3) is 0 Å². The lowest BCUT2D eigenvalue weighted by Gasteiger charge is -2.35. The molecule has 9 nitrogen and oxygen atoms in total. The molecule has 0 saturated heterocycles. The highest BCUT2D eigenvalue weighted by Crippen LogP contribution is 2.34. The van der Waals surface area contributed by atoms with Crippen LogP contribution in [-0.2, 0) is 32.6 Å². The number of carbonyl (C=O) groups excluding carboxylic acids is 2. The summed E-state index contributed by atoms with van der Waals surface area (Å²) in [6, 6.07) is 18.0. The van der Waals surface area contributed by atoms with Crippen LogP contribution in [0, 0.1) is 0 Å². The van der Waals surface area contributed by atoms with E-state index in [4.69, 9.17) is 32.7 Å². The number of nitrogens with one attached hydrogen (secondary N) is 1. The SMILES string of the molecule is COc1ccc(OC)c(N(CC(=O)N(Cc2ccc(Cl)cc2Cl)C(Cc2ccccc2)C(=O)NC2CCCCC2)S(C)(=O)=O)c1. The standard InChI is InChI=1S/C33H39Cl2N3O6S/c1-43-27-16-17-31(44-2)29(20-27)38(45(3,41)42)22-32(39)37(21-24-14-15-25(34)19-28(24)35)30(18-23-10-6-4-7-11-23)33(40)36-26-12-8-5-9-13-26/h4,6-7,10-11,14-17,19-20,26,30H,5,8-9,12-13,18,21-22H2,1-3H3,(H,36,40). The zero-order valence-corrected chi connectivity index (χ0v) is 28.0. The Kier molecular flexibility index (Phi) is 12.0. The lowest BCUT2D eigenvalue weighted by atomic mass is 9.94. The number of methoxy groups -OCH3 is 2. The van der Waals surface area contributed by atoms with Gasteiger partial charge in [0.1, 0.15) is 24.1 Å². The fraction of sp³-hybridized carbons (Fsp3) is 0.394. The molecule has 1 aliphatic rings. The van der Waals surface area contributed by atoms with E-state index in [1.807, 2.05) is 30.3 Å². The predicted octanol–water partition coefficient (Wildman–Crippen LogP) is 5.87. The smallest absolute Gasteiger partial charge is 0.244 e. The monoisotopic (exact) mass is 675 g/mol. The van der Waals surface area contributed by atoms with Gasteiger partial charge in [-0.05, 0) is 48.2 Å². The quantitative estimate of drug-likeness (QED) is 0.243. The van der Waals surface area contributed by atoms with Gasteiger partial charge in [-0.2, -0.15) is 0 Å². The van der Waals surface area contributed by atoms with Crippen LogP contribution >= 0.6 is 23.2 Å². The maximum absolute atomic E-state index is 14.4. The molecular formula is C33H39Cl2N3O6S. The molecule has 0 aromatic heterocycles. The fourth-order valence-corrected chi connectivity index (χ4v) is 6.83. The van der Waals surface area contributed by atoms with E-state index in [9.17, 15) is 18.0 Å². The van der Waals surface area contributed by atoms with Gasteiger partial charge in [0.15, 0.2) is 0 Å². The number of anilines is 1. The first-order chi connectivity index (χ1) is 21.5. The molecule has 0 spiro atoms. The average Bonchev–Trinajstić information content (AvgIpc) is 3.02. The van der Waals surface area contributed by atoms with Gasteiger partial charge >= 0.3 is 0 Å². The van der Waals surface area contributed by atoms with Gasteiger partial charge in [-0.1, -0.05) is 78.9 Å². The first-order valence-electron chi connectivity index (χ1n) is 14.8. The van der Waals surface area contributed by atoms with Crippen LogP contribution in [0.5, 0.6) is 11.5 Å². The van der Waals surface area contributed by atoms with Crippen molar-refractivity contribution in [1.29, 1.82) is 0 Å². The third kappa shape index (κ3) is 9.28. The number of benzene rings is 3. The highest BCUT2D eigenvalue weighted by molar-refractivity contribution is 7.92. The predicted molar refractivity (Wildman–Crippen MR) is 178 cm³/mol. The molecule has 0 bridgehead atoms. The van der Waals surface area contributed by atoms with Crippen molar-refractivity contribution in [1.82, 2.24) is 10.2 Å². The molecule has 1 saturated carbocycles. The summed E-state index contributed by atoms with van der Waals surface area (Å²) in [5.74, 6) is -0.298. The van der Waals surface area contributed by atoms with Gasteiger partial charge in [0.2, 0.25) is 21.8 Å². The van der Waals surface area contributed by atoms with Crippen molar-refractivity contribution in [3.05, 3.63) is 87.9 Å². The minimum atomic E-state index is -4.01. The third-order valence-electron chi connectivity index (χ3n) is 7.91. The average molecular weight is 677 g/mol. The number of ether oxygens (including phenoxy) is 2. The van der Waals surface area contributed by atoms with Crippen molar-refractivity contribution < 1.29 is 27.5 Å². The molecule has 0 aliphatic heterocycles. The Hall–Kier alpha value is -3.47. The molecule has 0 heterocycles. The summed E-state index contributed by atoms with van der Waals surface area (Å²) >= 11 is 12.7. The first-order valence-corrected chi connectivity index (χ1v) is 17.4. The van der Waals surface area contributed by atoms with Crippen molar-refractivity contribution in [3.63, 3.8) is 0 Å². The molecule has 0 radical (unpaired) electrons. The molecule has 1 N–H and O–H groups in total. The summed E-state index contributed by atoms with van der Waals surface area (Å²) in [4.78, 5) is 29.9. The Morgan fingerprint density at radius 3 is 2.29 bits per heavy atom. The number of hydrogen-bond donors (Lipinski definition) is 1. The molecule has 1 atom stereocenters. The highest BCUT2D eigenvalue weighted by atomic mass is 35.5. The number of carbonyl (C=O) groups is 2. The maximum atomic E-state index is 14.4. The number of halogens is 2. The van der Waals surface area contributed by atoms with Crippen molar-refractivity contribution >= 4 is 50.7 Å². The largest absolute Gasteiger partial charge is 0.497 e. The number of rotatable bonds is 13. The molecule has 45 heavy (non-hydrogen) atoms.